The first kappa shape index (κ1) is 16.1. The zero-order valence-corrected chi connectivity index (χ0v) is 14.1. The number of anilines is 1. The number of hydrogen-bond acceptors (Lipinski definition) is 3. The van der Waals surface area contributed by atoms with Crippen LogP contribution in [-0.4, -0.2) is 18.2 Å². The SMILES string of the molecule is Cc1cccc(NS(=O)(=O)c2c(CCl)nn(C)c2Cl)c1C. The maximum Gasteiger partial charge on any atom is 0.266 e. The molecule has 2 aromatic rings. The third-order valence-electron chi connectivity index (χ3n) is 3.25. The Bertz CT molecular complexity index is 785. The van der Waals surface area contributed by atoms with Crippen molar-refractivity contribution in [2.24, 2.45) is 7.05 Å². The summed E-state index contributed by atoms with van der Waals surface area (Å²) >= 11 is 11.8. The molecule has 0 aliphatic carbocycles. The van der Waals surface area contributed by atoms with Crippen LogP contribution < -0.4 is 4.72 Å². The van der Waals surface area contributed by atoms with Gasteiger partial charge in [0.05, 0.1) is 17.3 Å². The molecule has 0 radical (unpaired) electrons. The molecule has 1 aromatic heterocycles. The van der Waals surface area contributed by atoms with Crippen LogP contribution in [0.4, 0.5) is 5.69 Å². The number of nitrogens with one attached hydrogen (secondary N) is 1. The number of nitrogens with zero attached hydrogens (tertiary/aromatic N) is 2. The molecule has 1 heterocycles. The van der Waals surface area contributed by atoms with Crippen molar-refractivity contribution < 1.29 is 8.42 Å². The summed E-state index contributed by atoms with van der Waals surface area (Å²) in [7, 11) is -2.29. The molecule has 8 heteroatoms. The number of hydrogen-bond donors (Lipinski definition) is 1. The van der Waals surface area contributed by atoms with E-state index in [1.54, 1.807) is 19.2 Å². The highest BCUT2D eigenvalue weighted by molar-refractivity contribution is 7.92. The second-order valence-corrected chi connectivity index (χ2v) is 6.92. The van der Waals surface area contributed by atoms with Crippen LogP contribution in [0, 0.1) is 13.8 Å². The fourth-order valence-corrected chi connectivity index (χ4v) is 4.05. The maximum absolute atomic E-state index is 12.6. The van der Waals surface area contributed by atoms with Crippen LogP contribution in [0.3, 0.4) is 0 Å². The lowest BCUT2D eigenvalue weighted by Gasteiger charge is -2.12. The monoisotopic (exact) mass is 347 g/mol. The summed E-state index contributed by atoms with van der Waals surface area (Å²) in [6.07, 6.45) is 0. The molecule has 1 N–H and O–H groups in total. The minimum absolute atomic E-state index is 0.0310. The molecule has 0 saturated carbocycles. The lowest BCUT2D eigenvalue weighted by Crippen LogP contribution is -2.15. The third-order valence-corrected chi connectivity index (χ3v) is 5.50. The smallest absolute Gasteiger partial charge is 0.266 e. The van der Waals surface area contributed by atoms with Crippen molar-refractivity contribution in [2.45, 2.75) is 24.6 Å². The topological polar surface area (TPSA) is 64.0 Å². The molecule has 21 heavy (non-hydrogen) atoms. The van der Waals surface area contributed by atoms with Gasteiger partial charge in [0, 0.05) is 7.05 Å². The van der Waals surface area contributed by atoms with Gasteiger partial charge in [-0.3, -0.25) is 9.40 Å². The van der Waals surface area contributed by atoms with Gasteiger partial charge in [-0.05, 0) is 31.0 Å². The molecule has 0 bridgehead atoms. The van der Waals surface area contributed by atoms with Gasteiger partial charge < -0.3 is 0 Å². The van der Waals surface area contributed by atoms with Crippen LogP contribution in [0.1, 0.15) is 16.8 Å². The van der Waals surface area contributed by atoms with Crippen LogP contribution >= 0.6 is 23.2 Å². The molecule has 0 aliphatic rings. The molecule has 1 aromatic carbocycles. The first-order valence-electron chi connectivity index (χ1n) is 6.14. The molecule has 2 rings (SSSR count). The lowest BCUT2D eigenvalue weighted by atomic mass is 10.1. The summed E-state index contributed by atoms with van der Waals surface area (Å²) in [5, 5.41) is 4.04. The molecule has 0 atom stereocenters. The average molecular weight is 348 g/mol. The molecule has 0 spiro atoms. The van der Waals surface area contributed by atoms with E-state index in [0.717, 1.165) is 11.1 Å². The molecule has 5 nitrogen and oxygen atoms in total. The molecule has 0 aliphatic heterocycles. The number of aromatic nitrogens is 2. The van der Waals surface area contributed by atoms with Crippen LogP contribution in [0.25, 0.3) is 0 Å². The number of alkyl halides is 1. The van der Waals surface area contributed by atoms with Gasteiger partial charge in [-0.25, -0.2) is 8.42 Å². The molecule has 114 valence electrons. The highest BCUT2D eigenvalue weighted by Crippen LogP contribution is 2.29. The third kappa shape index (κ3) is 3.02. The van der Waals surface area contributed by atoms with Crippen molar-refractivity contribution in [3.63, 3.8) is 0 Å². The quantitative estimate of drug-likeness (QED) is 0.863. The van der Waals surface area contributed by atoms with Gasteiger partial charge in [0.15, 0.2) is 0 Å². The minimum Gasteiger partial charge on any atom is -0.279 e. The Kier molecular flexibility index (Phi) is 4.51. The van der Waals surface area contributed by atoms with Crippen molar-refractivity contribution in [1.29, 1.82) is 0 Å². The van der Waals surface area contributed by atoms with E-state index in [1.807, 2.05) is 19.9 Å². The second kappa shape index (κ2) is 5.87. The molecular weight excluding hydrogens is 333 g/mol. The fourth-order valence-electron chi connectivity index (χ4n) is 1.95. The van der Waals surface area contributed by atoms with Gasteiger partial charge in [-0.1, -0.05) is 23.7 Å². The van der Waals surface area contributed by atoms with Crippen molar-refractivity contribution in [3.05, 3.63) is 40.2 Å². The van der Waals surface area contributed by atoms with Crippen LogP contribution in [0.15, 0.2) is 23.1 Å². The Morgan fingerprint density at radius 3 is 2.62 bits per heavy atom. The number of aryl methyl sites for hydroxylation is 2. The molecule has 0 amide bonds. The minimum atomic E-state index is -3.85. The Morgan fingerprint density at radius 1 is 1.33 bits per heavy atom. The van der Waals surface area contributed by atoms with Gasteiger partial charge in [0.25, 0.3) is 10.0 Å². The fraction of sp³-hybridized carbons (Fsp3) is 0.308. The molecule has 0 fully saturated rings. The lowest BCUT2D eigenvalue weighted by molar-refractivity contribution is 0.600. The zero-order valence-electron chi connectivity index (χ0n) is 11.8. The summed E-state index contributed by atoms with van der Waals surface area (Å²) in [5.41, 5.74) is 2.58. The van der Waals surface area contributed by atoms with Crippen molar-refractivity contribution in [2.75, 3.05) is 4.72 Å². The van der Waals surface area contributed by atoms with Crippen molar-refractivity contribution >= 4 is 38.9 Å². The summed E-state index contributed by atoms with van der Waals surface area (Å²) in [6, 6.07) is 5.40. The summed E-state index contributed by atoms with van der Waals surface area (Å²) in [6.45, 7) is 3.76. The average Bonchev–Trinajstić information content (AvgIpc) is 2.71. The highest BCUT2D eigenvalue weighted by atomic mass is 35.5. The van der Waals surface area contributed by atoms with E-state index in [-0.39, 0.29) is 21.6 Å². The maximum atomic E-state index is 12.6. The Labute approximate surface area is 133 Å². The number of rotatable bonds is 4. The molecule has 0 saturated heterocycles. The molecule has 0 unspecified atom stereocenters. The second-order valence-electron chi connectivity index (χ2n) is 4.68. The van der Waals surface area contributed by atoms with E-state index in [2.05, 4.69) is 9.82 Å². The van der Waals surface area contributed by atoms with E-state index in [0.29, 0.717) is 5.69 Å². The first-order chi connectivity index (χ1) is 9.77. The van der Waals surface area contributed by atoms with Crippen LogP contribution in [0.2, 0.25) is 5.15 Å². The van der Waals surface area contributed by atoms with Crippen molar-refractivity contribution in [3.8, 4) is 0 Å². The Hall–Kier alpha value is -1.24. The first-order valence-corrected chi connectivity index (χ1v) is 8.54. The van der Waals surface area contributed by atoms with Gasteiger partial charge >= 0.3 is 0 Å². The van der Waals surface area contributed by atoms with E-state index < -0.39 is 10.0 Å². The van der Waals surface area contributed by atoms with Crippen LogP contribution in [-0.2, 0) is 23.0 Å². The number of sulfonamides is 1. The predicted molar refractivity (Wildman–Crippen MR) is 84.5 cm³/mol. The van der Waals surface area contributed by atoms with Crippen molar-refractivity contribution in [1.82, 2.24) is 9.78 Å². The van der Waals surface area contributed by atoms with Gasteiger partial charge in [-0.15, -0.1) is 11.6 Å². The van der Waals surface area contributed by atoms with Gasteiger partial charge in [-0.2, -0.15) is 5.10 Å². The molecular formula is C13H15Cl2N3O2S. The highest BCUT2D eigenvalue weighted by Gasteiger charge is 2.27. The standard InChI is InChI=1S/C13H15Cl2N3O2S/c1-8-5-4-6-10(9(8)2)17-21(19,20)12-11(7-14)16-18(3)13(12)15/h4-6,17H,7H2,1-3H3. The Balaban J connectivity index is 2.51. The summed E-state index contributed by atoms with van der Waals surface area (Å²) < 4.78 is 29.0. The normalized spacial score (nSPS) is 11.7. The van der Waals surface area contributed by atoms with Crippen LogP contribution in [0.5, 0.6) is 0 Å². The van der Waals surface area contributed by atoms with E-state index >= 15 is 0 Å². The summed E-state index contributed by atoms with van der Waals surface area (Å²) in [5.74, 6) is -0.0381. The van der Waals surface area contributed by atoms with Gasteiger partial charge in [0.1, 0.15) is 10.0 Å². The summed E-state index contributed by atoms with van der Waals surface area (Å²) in [4.78, 5) is -0.0810. The van der Waals surface area contributed by atoms with E-state index in [9.17, 15) is 8.42 Å². The number of halogens is 2. The predicted octanol–water partition coefficient (Wildman–Crippen LogP) is 3.23. The number of benzene rings is 1. The van der Waals surface area contributed by atoms with E-state index in [4.69, 9.17) is 23.2 Å². The Morgan fingerprint density at radius 2 is 2.00 bits per heavy atom. The zero-order chi connectivity index (χ0) is 15.8. The van der Waals surface area contributed by atoms with Gasteiger partial charge in [0.2, 0.25) is 0 Å². The van der Waals surface area contributed by atoms with E-state index in [1.165, 1.54) is 4.68 Å². The largest absolute Gasteiger partial charge is 0.279 e.